The first-order valence-corrected chi connectivity index (χ1v) is 12.7. The Hall–Kier alpha value is -2.43. The summed E-state index contributed by atoms with van der Waals surface area (Å²) in [5.41, 5.74) is 2.19. The number of hydrogen-bond acceptors (Lipinski definition) is 6. The molecule has 2 aromatic rings. The average molecular weight is 477 g/mol. The molecule has 0 radical (unpaired) electrons. The van der Waals surface area contributed by atoms with Crippen molar-refractivity contribution < 1.29 is 13.2 Å². The maximum atomic E-state index is 13.4. The molecule has 1 aliphatic rings. The first kappa shape index (κ1) is 25.2. The van der Waals surface area contributed by atoms with E-state index in [0.717, 1.165) is 30.8 Å². The van der Waals surface area contributed by atoms with Crippen LogP contribution in [0.1, 0.15) is 48.8 Å². The first-order valence-electron chi connectivity index (χ1n) is 11.2. The summed E-state index contributed by atoms with van der Waals surface area (Å²) >= 11 is 0. The summed E-state index contributed by atoms with van der Waals surface area (Å²) in [6.45, 7) is 10.8. The fourth-order valence-electron chi connectivity index (χ4n) is 3.89. The molecular weight excluding hydrogens is 440 g/mol. The summed E-state index contributed by atoms with van der Waals surface area (Å²) in [6, 6.07) is 4.79. The Bertz CT molecular complexity index is 1100. The lowest BCUT2D eigenvalue weighted by molar-refractivity contribution is 0.0762. The Balaban J connectivity index is 1.94. The molecule has 0 spiro atoms. The third-order valence-electron chi connectivity index (χ3n) is 5.51. The lowest BCUT2D eigenvalue weighted by Crippen LogP contribution is -2.40. The highest BCUT2D eigenvalue weighted by Gasteiger charge is 2.26. The maximum Gasteiger partial charge on any atom is 0.254 e. The lowest BCUT2D eigenvalue weighted by Gasteiger charge is -2.23. The molecule has 3 rings (SSSR count). The van der Waals surface area contributed by atoms with Crippen molar-refractivity contribution in [2.75, 3.05) is 38.5 Å². The van der Waals surface area contributed by atoms with E-state index in [1.54, 1.807) is 37.6 Å². The Labute approximate surface area is 197 Å². The number of aryl methyl sites for hydroxylation is 2. The second kappa shape index (κ2) is 9.82. The fourth-order valence-corrected chi connectivity index (χ4v) is 5.38. The van der Waals surface area contributed by atoms with E-state index in [1.165, 1.54) is 6.07 Å². The summed E-state index contributed by atoms with van der Waals surface area (Å²) in [7, 11) is 0.0862. The standard InChI is InChI=1S/C23H36N6O3S/c1-17-19(16-28(6)25-17)15-24-20-12-18(22(30)29-9-7-8-27(5)10-11-29)13-21(14-20)33(31,32)26-23(2,3)4/h12-14,16,24,26H,7-11,15H2,1-6H3. The van der Waals surface area contributed by atoms with Crippen molar-refractivity contribution in [2.45, 2.75) is 51.1 Å². The highest BCUT2D eigenvalue weighted by Crippen LogP contribution is 2.23. The van der Waals surface area contributed by atoms with E-state index in [0.29, 0.717) is 30.9 Å². The van der Waals surface area contributed by atoms with Crippen LogP contribution in [0.25, 0.3) is 0 Å². The third kappa shape index (κ3) is 6.78. The monoisotopic (exact) mass is 476 g/mol. The van der Waals surface area contributed by atoms with Gasteiger partial charge >= 0.3 is 0 Å². The van der Waals surface area contributed by atoms with E-state index < -0.39 is 15.6 Å². The number of nitrogens with zero attached hydrogens (tertiary/aromatic N) is 4. The van der Waals surface area contributed by atoms with Crippen molar-refractivity contribution in [3.8, 4) is 0 Å². The van der Waals surface area contributed by atoms with Crippen LogP contribution < -0.4 is 10.0 Å². The van der Waals surface area contributed by atoms with E-state index in [2.05, 4.69) is 20.0 Å². The number of aromatic nitrogens is 2. The molecule has 1 saturated heterocycles. The molecule has 1 aliphatic heterocycles. The van der Waals surface area contributed by atoms with Crippen LogP contribution in [-0.2, 0) is 23.6 Å². The average Bonchev–Trinajstić information content (AvgIpc) is 2.88. The highest BCUT2D eigenvalue weighted by atomic mass is 32.2. The second-order valence-corrected chi connectivity index (χ2v) is 11.5. The number of likely N-dealkylation sites (N-methyl/N-ethyl adjacent to an activating group) is 1. The van der Waals surface area contributed by atoms with Gasteiger partial charge in [0.25, 0.3) is 5.91 Å². The molecule has 2 N–H and O–H groups in total. The minimum atomic E-state index is -3.82. The molecule has 1 aromatic heterocycles. The SMILES string of the molecule is Cc1nn(C)cc1CNc1cc(C(=O)N2CCCN(C)CC2)cc(S(=O)(=O)NC(C)(C)C)c1. The molecule has 2 heterocycles. The minimum absolute atomic E-state index is 0.0700. The Kier molecular flexibility index (Phi) is 7.50. The topological polar surface area (TPSA) is 99.6 Å². The van der Waals surface area contributed by atoms with Crippen LogP contribution in [0.4, 0.5) is 5.69 Å². The molecule has 0 saturated carbocycles. The van der Waals surface area contributed by atoms with Gasteiger partial charge in [-0.3, -0.25) is 9.48 Å². The van der Waals surface area contributed by atoms with Gasteiger partial charge in [-0.1, -0.05) is 0 Å². The largest absolute Gasteiger partial charge is 0.381 e. The zero-order valence-corrected chi connectivity index (χ0v) is 21.3. The van der Waals surface area contributed by atoms with Gasteiger partial charge in [-0.05, 0) is 65.9 Å². The number of sulfonamides is 1. The van der Waals surface area contributed by atoms with E-state index in [-0.39, 0.29) is 10.8 Å². The predicted octanol–water partition coefficient (Wildman–Crippen LogP) is 2.20. The van der Waals surface area contributed by atoms with Crippen molar-refractivity contribution in [1.29, 1.82) is 0 Å². The first-order chi connectivity index (χ1) is 15.3. The van der Waals surface area contributed by atoms with E-state index in [1.807, 2.05) is 32.1 Å². The number of nitrogens with one attached hydrogen (secondary N) is 2. The molecule has 0 unspecified atom stereocenters. The van der Waals surface area contributed by atoms with Crippen LogP contribution in [0.15, 0.2) is 29.3 Å². The Morgan fingerprint density at radius 3 is 2.45 bits per heavy atom. The van der Waals surface area contributed by atoms with Crippen LogP contribution in [0.3, 0.4) is 0 Å². The summed E-state index contributed by atoms with van der Waals surface area (Å²) in [6.07, 6.45) is 2.81. The summed E-state index contributed by atoms with van der Waals surface area (Å²) in [4.78, 5) is 17.4. The van der Waals surface area contributed by atoms with Crippen LogP contribution in [0, 0.1) is 6.92 Å². The number of carbonyl (C=O) groups excluding carboxylic acids is 1. The van der Waals surface area contributed by atoms with Gasteiger partial charge in [0.05, 0.1) is 10.6 Å². The van der Waals surface area contributed by atoms with Gasteiger partial charge in [-0.25, -0.2) is 13.1 Å². The molecule has 10 heteroatoms. The smallest absolute Gasteiger partial charge is 0.254 e. The summed E-state index contributed by atoms with van der Waals surface area (Å²) < 4.78 is 30.6. The van der Waals surface area contributed by atoms with Gasteiger partial charge < -0.3 is 15.1 Å². The third-order valence-corrected chi connectivity index (χ3v) is 7.25. The van der Waals surface area contributed by atoms with Crippen molar-refractivity contribution in [2.24, 2.45) is 7.05 Å². The zero-order chi connectivity index (χ0) is 24.4. The van der Waals surface area contributed by atoms with E-state index >= 15 is 0 Å². The summed E-state index contributed by atoms with van der Waals surface area (Å²) in [5, 5.41) is 7.63. The minimum Gasteiger partial charge on any atom is -0.381 e. The van der Waals surface area contributed by atoms with Gasteiger partial charge in [0.2, 0.25) is 10.0 Å². The molecule has 1 aromatic carbocycles. The fraction of sp³-hybridized carbons (Fsp3) is 0.565. The second-order valence-electron chi connectivity index (χ2n) is 9.82. The van der Waals surface area contributed by atoms with Crippen molar-refractivity contribution in [3.05, 3.63) is 41.2 Å². The quantitative estimate of drug-likeness (QED) is 0.663. The molecule has 0 aliphatic carbocycles. The number of anilines is 1. The van der Waals surface area contributed by atoms with E-state index in [4.69, 9.17) is 0 Å². The van der Waals surface area contributed by atoms with Gasteiger partial charge in [0, 0.05) is 61.8 Å². The van der Waals surface area contributed by atoms with E-state index in [9.17, 15) is 13.2 Å². The van der Waals surface area contributed by atoms with Crippen molar-refractivity contribution in [1.82, 2.24) is 24.3 Å². The molecule has 9 nitrogen and oxygen atoms in total. The maximum absolute atomic E-state index is 13.4. The molecule has 0 atom stereocenters. The Morgan fingerprint density at radius 2 is 1.82 bits per heavy atom. The van der Waals surface area contributed by atoms with Crippen LogP contribution in [0.5, 0.6) is 0 Å². The number of benzene rings is 1. The molecular formula is C23H36N6O3S. The number of rotatable bonds is 6. The number of hydrogen-bond donors (Lipinski definition) is 2. The Morgan fingerprint density at radius 1 is 1.09 bits per heavy atom. The summed E-state index contributed by atoms with van der Waals surface area (Å²) in [5.74, 6) is -0.154. The van der Waals surface area contributed by atoms with Gasteiger partial charge in [-0.2, -0.15) is 5.10 Å². The van der Waals surface area contributed by atoms with Crippen molar-refractivity contribution >= 4 is 21.6 Å². The molecule has 1 amide bonds. The predicted molar refractivity (Wildman–Crippen MR) is 130 cm³/mol. The lowest BCUT2D eigenvalue weighted by atomic mass is 10.1. The molecule has 33 heavy (non-hydrogen) atoms. The number of amides is 1. The normalized spacial score (nSPS) is 16.0. The van der Waals surface area contributed by atoms with Gasteiger partial charge in [-0.15, -0.1) is 0 Å². The van der Waals surface area contributed by atoms with Gasteiger partial charge in [0.1, 0.15) is 0 Å². The van der Waals surface area contributed by atoms with Crippen LogP contribution in [-0.4, -0.2) is 72.7 Å². The van der Waals surface area contributed by atoms with Crippen LogP contribution in [0.2, 0.25) is 0 Å². The zero-order valence-electron chi connectivity index (χ0n) is 20.5. The van der Waals surface area contributed by atoms with Crippen molar-refractivity contribution in [3.63, 3.8) is 0 Å². The molecule has 0 bridgehead atoms. The number of carbonyl (C=O) groups is 1. The highest BCUT2D eigenvalue weighted by molar-refractivity contribution is 7.89. The molecule has 182 valence electrons. The molecule has 1 fully saturated rings. The van der Waals surface area contributed by atoms with Gasteiger partial charge in [0.15, 0.2) is 0 Å². The van der Waals surface area contributed by atoms with Crippen LogP contribution >= 0.6 is 0 Å².